The molecule has 174 valence electrons. The summed E-state index contributed by atoms with van der Waals surface area (Å²) in [6.07, 6.45) is 5.14. The Balaban J connectivity index is 1.41. The molecule has 0 fully saturated rings. The van der Waals surface area contributed by atoms with Gasteiger partial charge >= 0.3 is 0 Å². The lowest BCUT2D eigenvalue weighted by Gasteiger charge is -2.32. The van der Waals surface area contributed by atoms with Gasteiger partial charge in [0.2, 0.25) is 0 Å². The van der Waals surface area contributed by atoms with Gasteiger partial charge in [-0.1, -0.05) is 84.4 Å². The summed E-state index contributed by atoms with van der Waals surface area (Å²) in [4.78, 5) is 44.9. The van der Waals surface area contributed by atoms with Gasteiger partial charge < -0.3 is 5.32 Å². The van der Waals surface area contributed by atoms with Gasteiger partial charge in [0.15, 0.2) is 11.6 Å². The minimum atomic E-state index is -0.780. The largest absolute Gasteiger partial charge is 0.325 e. The van der Waals surface area contributed by atoms with Gasteiger partial charge in [0.05, 0.1) is 28.6 Å². The maximum atomic E-state index is 13.7. The molecule has 2 aliphatic rings. The Morgan fingerprint density at radius 3 is 2.28 bits per heavy atom. The molecule has 0 saturated heterocycles. The van der Waals surface area contributed by atoms with Gasteiger partial charge in [0, 0.05) is 32.8 Å². The molecule has 0 spiro atoms. The van der Waals surface area contributed by atoms with Crippen LogP contribution in [0.25, 0.3) is 22.2 Å². The fraction of sp³-hybridized carbons (Fsp3) is 0.0667. The summed E-state index contributed by atoms with van der Waals surface area (Å²) in [5.74, 6) is -2.12. The molecule has 0 unspecified atom stereocenters. The van der Waals surface area contributed by atoms with Crippen molar-refractivity contribution in [1.29, 1.82) is 0 Å². The molecule has 1 aromatic heterocycles. The second kappa shape index (κ2) is 8.70. The predicted molar refractivity (Wildman–Crippen MR) is 139 cm³/mol. The SMILES string of the molecule is O=C(NC1=CC=C[C@@H]2C(=O)c3ccccc3C(=O)[C@H]12)c1cc(-c2ccccc2Cl)nc2ccccc12. The number of carbonyl (C=O) groups is 3. The molecule has 4 aromatic rings. The topological polar surface area (TPSA) is 76.1 Å². The fourth-order valence-electron chi connectivity index (χ4n) is 4.98. The van der Waals surface area contributed by atoms with E-state index in [2.05, 4.69) is 5.32 Å². The molecule has 2 atom stereocenters. The maximum Gasteiger partial charge on any atom is 0.256 e. The summed E-state index contributed by atoms with van der Waals surface area (Å²) in [7, 11) is 0. The number of rotatable bonds is 3. The Morgan fingerprint density at radius 1 is 0.833 bits per heavy atom. The van der Waals surface area contributed by atoms with Crippen LogP contribution in [0.2, 0.25) is 5.02 Å². The average molecular weight is 491 g/mol. The number of pyridine rings is 1. The molecule has 36 heavy (non-hydrogen) atoms. The lowest BCUT2D eigenvalue weighted by Crippen LogP contribution is -2.42. The van der Waals surface area contributed by atoms with Gasteiger partial charge in [0.1, 0.15) is 0 Å². The number of aromatic nitrogens is 1. The van der Waals surface area contributed by atoms with Gasteiger partial charge in [-0.2, -0.15) is 0 Å². The summed E-state index contributed by atoms with van der Waals surface area (Å²) in [6.45, 7) is 0. The molecule has 0 saturated carbocycles. The highest BCUT2D eigenvalue weighted by atomic mass is 35.5. The van der Waals surface area contributed by atoms with Crippen molar-refractivity contribution in [2.24, 2.45) is 11.8 Å². The zero-order valence-electron chi connectivity index (χ0n) is 18.9. The van der Waals surface area contributed by atoms with Crippen LogP contribution in [0.15, 0.2) is 103 Å². The number of nitrogens with one attached hydrogen (secondary N) is 1. The van der Waals surface area contributed by atoms with Crippen molar-refractivity contribution in [1.82, 2.24) is 10.3 Å². The quantitative estimate of drug-likeness (QED) is 0.379. The molecular formula is C30H19ClN2O3. The monoisotopic (exact) mass is 490 g/mol. The van der Waals surface area contributed by atoms with Crippen LogP contribution < -0.4 is 5.32 Å². The number of para-hydroxylation sites is 1. The van der Waals surface area contributed by atoms with Crippen molar-refractivity contribution in [2.45, 2.75) is 0 Å². The molecular weight excluding hydrogens is 472 g/mol. The third-order valence-corrected chi connectivity index (χ3v) is 7.03. The number of hydrogen-bond donors (Lipinski definition) is 1. The molecule has 6 rings (SSSR count). The molecule has 0 radical (unpaired) electrons. The molecule has 3 aromatic carbocycles. The minimum Gasteiger partial charge on any atom is -0.325 e. The fourth-order valence-corrected chi connectivity index (χ4v) is 5.21. The third-order valence-electron chi connectivity index (χ3n) is 6.70. The Bertz CT molecular complexity index is 1650. The number of fused-ring (bicyclic) bond motifs is 3. The zero-order chi connectivity index (χ0) is 24.8. The van der Waals surface area contributed by atoms with Crippen LogP contribution >= 0.6 is 11.6 Å². The van der Waals surface area contributed by atoms with Crippen LogP contribution in [0, 0.1) is 11.8 Å². The van der Waals surface area contributed by atoms with Gasteiger partial charge in [-0.05, 0) is 24.3 Å². The van der Waals surface area contributed by atoms with Crippen molar-refractivity contribution in [2.75, 3.05) is 0 Å². The highest BCUT2D eigenvalue weighted by Crippen LogP contribution is 2.37. The van der Waals surface area contributed by atoms with Crippen molar-refractivity contribution < 1.29 is 14.4 Å². The highest BCUT2D eigenvalue weighted by molar-refractivity contribution is 6.33. The van der Waals surface area contributed by atoms with E-state index in [4.69, 9.17) is 16.6 Å². The molecule has 5 nitrogen and oxygen atoms in total. The van der Waals surface area contributed by atoms with Crippen molar-refractivity contribution >= 4 is 40.0 Å². The molecule has 1 heterocycles. The van der Waals surface area contributed by atoms with Crippen molar-refractivity contribution in [3.8, 4) is 11.3 Å². The number of ketones is 2. The predicted octanol–water partition coefficient (Wildman–Crippen LogP) is 6.05. The number of halogens is 1. The highest BCUT2D eigenvalue weighted by Gasteiger charge is 2.43. The van der Waals surface area contributed by atoms with E-state index in [0.29, 0.717) is 49.6 Å². The zero-order valence-corrected chi connectivity index (χ0v) is 19.7. The van der Waals surface area contributed by atoms with E-state index in [1.807, 2.05) is 42.5 Å². The first-order valence-corrected chi connectivity index (χ1v) is 11.9. The van der Waals surface area contributed by atoms with E-state index < -0.39 is 11.8 Å². The molecule has 6 heteroatoms. The van der Waals surface area contributed by atoms with E-state index >= 15 is 0 Å². The average Bonchev–Trinajstić information content (AvgIpc) is 2.91. The Morgan fingerprint density at radius 2 is 1.50 bits per heavy atom. The Labute approximate surface area is 212 Å². The summed E-state index contributed by atoms with van der Waals surface area (Å²) >= 11 is 6.42. The van der Waals surface area contributed by atoms with E-state index in [-0.39, 0.29) is 17.5 Å². The lowest BCUT2D eigenvalue weighted by molar-refractivity contribution is 0.0782. The second-order valence-corrected chi connectivity index (χ2v) is 9.20. The Kier molecular flexibility index (Phi) is 5.35. The molecule has 1 amide bonds. The van der Waals surface area contributed by atoms with Gasteiger partial charge in [-0.3, -0.25) is 14.4 Å². The number of benzene rings is 3. The summed E-state index contributed by atoms with van der Waals surface area (Å²) in [6, 6.07) is 23.2. The van der Waals surface area contributed by atoms with Gasteiger partial charge in [-0.25, -0.2) is 4.98 Å². The molecule has 0 bridgehead atoms. The summed E-state index contributed by atoms with van der Waals surface area (Å²) < 4.78 is 0. The number of allylic oxidation sites excluding steroid dienone is 4. The second-order valence-electron chi connectivity index (χ2n) is 8.79. The van der Waals surface area contributed by atoms with Crippen LogP contribution in [0.5, 0.6) is 0 Å². The number of Topliss-reactive ketones (excluding diaryl/α,β-unsaturated/α-hetero) is 2. The van der Waals surface area contributed by atoms with Crippen LogP contribution in [-0.4, -0.2) is 22.5 Å². The van der Waals surface area contributed by atoms with E-state index in [0.717, 1.165) is 0 Å². The van der Waals surface area contributed by atoms with Crippen molar-refractivity contribution in [3.05, 3.63) is 125 Å². The maximum absolute atomic E-state index is 13.7. The first-order valence-electron chi connectivity index (χ1n) is 11.5. The van der Waals surface area contributed by atoms with Crippen LogP contribution in [0.3, 0.4) is 0 Å². The van der Waals surface area contributed by atoms with E-state index in [1.54, 1.807) is 54.6 Å². The van der Waals surface area contributed by atoms with Gasteiger partial charge in [0.25, 0.3) is 5.91 Å². The number of nitrogens with zero attached hydrogens (tertiary/aromatic N) is 1. The summed E-state index contributed by atoms with van der Waals surface area (Å²) in [5, 5.41) is 4.14. The Hall–Kier alpha value is -4.35. The number of amides is 1. The standard InChI is InChI=1S/C30H19ClN2O3/c31-23-13-5-3-11-20(23)26-16-22(17-8-4-6-14-24(17)32-26)30(36)33-25-15-7-12-21-27(25)29(35)19-10-2-1-9-18(19)28(21)34/h1-16,21,27H,(H,33,36)/t21-,27-/m0/s1. The van der Waals surface area contributed by atoms with Crippen LogP contribution in [0.4, 0.5) is 0 Å². The normalized spacial score (nSPS) is 18.4. The van der Waals surface area contributed by atoms with Crippen LogP contribution in [0.1, 0.15) is 31.1 Å². The van der Waals surface area contributed by atoms with E-state index in [9.17, 15) is 14.4 Å². The smallest absolute Gasteiger partial charge is 0.256 e. The van der Waals surface area contributed by atoms with Gasteiger partial charge in [-0.15, -0.1) is 0 Å². The first-order chi connectivity index (χ1) is 17.5. The number of hydrogen-bond acceptors (Lipinski definition) is 4. The number of carbonyl (C=O) groups excluding carboxylic acids is 3. The minimum absolute atomic E-state index is 0.123. The lowest BCUT2D eigenvalue weighted by atomic mass is 9.71. The van der Waals surface area contributed by atoms with E-state index in [1.165, 1.54) is 0 Å². The molecule has 0 aliphatic heterocycles. The third kappa shape index (κ3) is 3.56. The molecule has 2 aliphatic carbocycles. The first kappa shape index (κ1) is 22.1. The molecule has 1 N–H and O–H groups in total. The summed E-state index contributed by atoms with van der Waals surface area (Å²) in [5.41, 5.74) is 3.53. The van der Waals surface area contributed by atoms with Crippen molar-refractivity contribution in [3.63, 3.8) is 0 Å². The van der Waals surface area contributed by atoms with Crippen LogP contribution in [-0.2, 0) is 0 Å².